The first-order valence-corrected chi connectivity index (χ1v) is 5.81. The van der Waals surface area contributed by atoms with Crippen LogP contribution in [-0.4, -0.2) is 18.6 Å². The molecule has 0 unspecified atom stereocenters. The number of nitrogens with zero attached hydrogens (tertiary/aromatic N) is 2. The van der Waals surface area contributed by atoms with Gasteiger partial charge in [0.1, 0.15) is 5.82 Å². The predicted molar refractivity (Wildman–Crippen MR) is 69.8 cm³/mol. The van der Waals surface area contributed by atoms with Crippen molar-refractivity contribution in [2.75, 3.05) is 18.5 Å². The van der Waals surface area contributed by atoms with Gasteiger partial charge >= 0.3 is 0 Å². The highest BCUT2D eigenvalue weighted by molar-refractivity contribution is 5.43. The maximum atomic E-state index is 5.73. The number of aromatic nitrogens is 1. The van der Waals surface area contributed by atoms with Crippen LogP contribution in [0.25, 0.3) is 0 Å². The molecular formula is C13H23N3. The molecule has 3 heteroatoms. The lowest BCUT2D eigenvalue weighted by Crippen LogP contribution is -2.21. The summed E-state index contributed by atoms with van der Waals surface area (Å²) in [6.07, 6.45) is 0. The molecule has 2 N–H and O–H groups in total. The minimum Gasteiger partial charge on any atom is -0.360 e. The molecule has 0 bridgehead atoms. The monoisotopic (exact) mass is 221 g/mol. The van der Waals surface area contributed by atoms with E-state index in [1.165, 1.54) is 0 Å². The van der Waals surface area contributed by atoms with E-state index in [4.69, 9.17) is 10.7 Å². The SMILES string of the molecule is CCN(C)c1cc(CN)cc(C(C)(C)C)n1. The molecular weight excluding hydrogens is 198 g/mol. The highest BCUT2D eigenvalue weighted by atomic mass is 15.2. The molecule has 0 saturated heterocycles. The molecule has 0 aliphatic carbocycles. The van der Waals surface area contributed by atoms with Crippen molar-refractivity contribution in [3.8, 4) is 0 Å². The number of hydrogen-bond acceptors (Lipinski definition) is 3. The average molecular weight is 221 g/mol. The second-order valence-electron chi connectivity index (χ2n) is 5.19. The summed E-state index contributed by atoms with van der Waals surface area (Å²) in [5.41, 5.74) is 8.04. The van der Waals surface area contributed by atoms with Crippen LogP contribution in [0.4, 0.5) is 5.82 Å². The Hall–Kier alpha value is -1.09. The van der Waals surface area contributed by atoms with E-state index in [1.54, 1.807) is 0 Å². The van der Waals surface area contributed by atoms with E-state index < -0.39 is 0 Å². The number of hydrogen-bond donors (Lipinski definition) is 1. The third-order valence-electron chi connectivity index (χ3n) is 2.74. The van der Waals surface area contributed by atoms with Crippen molar-refractivity contribution in [1.29, 1.82) is 0 Å². The second kappa shape index (κ2) is 4.83. The summed E-state index contributed by atoms with van der Waals surface area (Å²) in [5.74, 6) is 1.01. The van der Waals surface area contributed by atoms with E-state index in [2.05, 4.69) is 51.8 Å². The van der Waals surface area contributed by atoms with Gasteiger partial charge in [0.2, 0.25) is 0 Å². The molecule has 0 saturated carbocycles. The lowest BCUT2D eigenvalue weighted by molar-refractivity contribution is 0.567. The third-order valence-corrected chi connectivity index (χ3v) is 2.74. The second-order valence-corrected chi connectivity index (χ2v) is 5.19. The maximum Gasteiger partial charge on any atom is 0.128 e. The van der Waals surface area contributed by atoms with E-state index in [-0.39, 0.29) is 5.41 Å². The zero-order valence-electron chi connectivity index (χ0n) is 11.0. The van der Waals surface area contributed by atoms with E-state index in [0.29, 0.717) is 6.54 Å². The number of pyridine rings is 1. The van der Waals surface area contributed by atoms with Crippen molar-refractivity contribution < 1.29 is 0 Å². The van der Waals surface area contributed by atoms with Crippen LogP contribution in [0.5, 0.6) is 0 Å². The smallest absolute Gasteiger partial charge is 0.128 e. The molecule has 16 heavy (non-hydrogen) atoms. The van der Waals surface area contributed by atoms with Gasteiger partial charge in [0.15, 0.2) is 0 Å². The van der Waals surface area contributed by atoms with Crippen LogP contribution in [0, 0.1) is 0 Å². The molecule has 0 radical (unpaired) electrons. The van der Waals surface area contributed by atoms with Gasteiger partial charge in [-0.3, -0.25) is 0 Å². The van der Waals surface area contributed by atoms with Gasteiger partial charge in [-0.15, -0.1) is 0 Å². The molecule has 0 aliphatic rings. The van der Waals surface area contributed by atoms with Crippen molar-refractivity contribution in [2.24, 2.45) is 5.73 Å². The van der Waals surface area contributed by atoms with Gasteiger partial charge in [0.25, 0.3) is 0 Å². The average Bonchev–Trinajstić information content (AvgIpc) is 2.26. The van der Waals surface area contributed by atoms with Crippen molar-refractivity contribution in [1.82, 2.24) is 4.98 Å². The van der Waals surface area contributed by atoms with E-state index in [9.17, 15) is 0 Å². The summed E-state index contributed by atoms with van der Waals surface area (Å²) in [7, 11) is 2.05. The Morgan fingerprint density at radius 2 is 1.94 bits per heavy atom. The minimum absolute atomic E-state index is 0.0640. The Bertz CT molecular complexity index is 353. The lowest BCUT2D eigenvalue weighted by atomic mass is 9.90. The Kier molecular flexibility index (Phi) is 3.92. The molecule has 1 aromatic rings. The molecule has 90 valence electrons. The van der Waals surface area contributed by atoms with Crippen LogP contribution >= 0.6 is 0 Å². The summed E-state index contributed by atoms with van der Waals surface area (Å²) in [5, 5.41) is 0. The first kappa shape index (κ1) is 13.0. The zero-order chi connectivity index (χ0) is 12.3. The molecule has 0 aromatic carbocycles. The number of rotatable bonds is 3. The lowest BCUT2D eigenvalue weighted by Gasteiger charge is -2.23. The highest BCUT2D eigenvalue weighted by Gasteiger charge is 2.17. The minimum atomic E-state index is 0.0640. The first-order valence-electron chi connectivity index (χ1n) is 5.81. The predicted octanol–water partition coefficient (Wildman–Crippen LogP) is 2.29. The topological polar surface area (TPSA) is 42.1 Å². The summed E-state index contributed by atoms with van der Waals surface area (Å²) in [6.45, 7) is 10.1. The quantitative estimate of drug-likeness (QED) is 0.851. The van der Waals surface area contributed by atoms with E-state index >= 15 is 0 Å². The molecule has 0 aliphatic heterocycles. The molecule has 0 atom stereocenters. The first-order chi connectivity index (χ1) is 7.38. The Balaban J connectivity index is 3.21. The molecule has 1 heterocycles. The van der Waals surface area contributed by atoms with Crippen LogP contribution in [0.15, 0.2) is 12.1 Å². The zero-order valence-corrected chi connectivity index (χ0v) is 11.0. The van der Waals surface area contributed by atoms with Crippen LogP contribution in [0.1, 0.15) is 39.0 Å². The number of anilines is 1. The van der Waals surface area contributed by atoms with Gasteiger partial charge in [-0.2, -0.15) is 0 Å². The van der Waals surface area contributed by atoms with Crippen LogP contribution in [0.3, 0.4) is 0 Å². The fraction of sp³-hybridized carbons (Fsp3) is 0.615. The van der Waals surface area contributed by atoms with Crippen LogP contribution < -0.4 is 10.6 Å². The Labute approximate surface area is 98.7 Å². The van der Waals surface area contributed by atoms with Gasteiger partial charge in [0, 0.05) is 31.2 Å². The molecule has 3 nitrogen and oxygen atoms in total. The fourth-order valence-corrected chi connectivity index (χ4v) is 1.43. The van der Waals surface area contributed by atoms with Crippen LogP contribution in [0.2, 0.25) is 0 Å². The molecule has 1 rings (SSSR count). The Morgan fingerprint density at radius 3 is 2.38 bits per heavy atom. The van der Waals surface area contributed by atoms with E-state index in [0.717, 1.165) is 23.6 Å². The highest BCUT2D eigenvalue weighted by Crippen LogP contribution is 2.24. The van der Waals surface area contributed by atoms with Gasteiger partial charge in [-0.05, 0) is 24.6 Å². The molecule has 0 amide bonds. The molecule has 0 spiro atoms. The summed E-state index contributed by atoms with van der Waals surface area (Å²) >= 11 is 0. The fourth-order valence-electron chi connectivity index (χ4n) is 1.43. The van der Waals surface area contributed by atoms with E-state index in [1.807, 2.05) is 0 Å². The van der Waals surface area contributed by atoms with Gasteiger partial charge in [-0.25, -0.2) is 4.98 Å². The van der Waals surface area contributed by atoms with Crippen molar-refractivity contribution in [3.05, 3.63) is 23.4 Å². The summed E-state index contributed by atoms with van der Waals surface area (Å²) in [4.78, 5) is 6.83. The van der Waals surface area contributed by atoms with Crippen molar-refractivity contribution >= 4 is 5.82 Å². The van der Waals surface area contributed by atoms with Crippen LogP contribution in [-0.2, 0) is 12.0 Å². The number of nitrogens with two attached hydrogens (primary N) is 1. The van der Waals surface area contributed by atoms with Crippen molar-refractivity contribution in [2.45, 2.75) is 39.7 Å². The molecule has 0 fully saturated rings. The van der Waals surface area contributed by atoms with Crippen molar-refractivity contribution in [3.63, 3.8) is 0 Å². The third kappa shape index (κ3) is 2.95. The normalized spacial score (nSPS) is 11.6. The van der Waals surface area contributed by atoms with Gasteiger partial charge in [-0.1, -0.05) is 20.8 Å². The van der Waals surface area contributed by atoms with Gasteiger partial charge < -0.3 is 10.6 Å². The maximum absolute atomic E-state index is 5.73. The summed E-state index contributed by atoms with van der Waals surface area (Å²) < 4.78 is 0. The van der Waals surface area contributed by atoms with Gasteiger partial charge in [0.05, 0.1) is 0 Å². The molecule has 1 aromatic heterocycles. The standard InChI is InChI=1S/C13H23N3/c1-6-16(5)12-8-10(9-14)7-11(15-12)13(2,3)4/h7-8H,6,9,14H2,1-5H3. The largest absolute Gasteiger partial charge is 0.360 e. The Morgan fingerprint density at radius 1 is 1.31 bits per heavy atom. The summed E-state index contributed by atoms with van der Waals surface area (Å²) in [6, 6.07) is 4.17.